The van der Waals surface area contributed by atoms with E-state index in [2.05, 4.69) is 25.7 Å². The maximum absolute atomic E-state index is 12.1. The van der Waals surface area contributed by atoms with E-state index in [1.165, 1.54) is 19.3 Å². The Bertz CT molecular complexity index is 1040. The van der Waals surface area contributed by atoms with E-state index in [0.717, 1.165) is 10.9 Å². The van der Waals surface area contributed by atoms with Gasteiger partial charge in [0.1, 0.15) is 6.07 Å². The molecule has 0 fully saturated rings. The van der Waals surface area contributed by atoms with Crippen LogP contribution >= 0.6 is 0 Å². The molecule has 2 N–H and O–H groups in total. The van der Waals surface area contributed by atoms with E-state index in [1.54, 1.807) is 23.0 Å². The summed E-state index contributed by atoms with van der Waals surface area (Å²) >= 11 is 0. The van der Waals surface area contributed by atoms with Crippen LogP contribution in [0, 0.1) is 11.3 Å². The van der Waals surface area contributed by atoms with Crippen molar-refractivity contribution in [2.75, 3.05) is 11.9 Å². The molecule has 27 heavy (non-hydrogen) atoms. The van der Waals surface area contributed by atoms with Gasteiger partial charge >= 0.3 is 0 Å². The van der Waals surface area contributed by atoms with Crippen LogP contribution in [0.5, 0.6) is 0 Å². The van der Waals surface area contributed by atoms with Crippen LogP contribution in [0.15, 0.2) is 36.8 Å². The molecule has 9 nitrogen and oxygen atoms in total. The van der Waals surface area contributed by atoms with Crippen molar-refractivity contribution in [1.82, 2.24) is 25.1 Å². The minimum absolute atomic E-state index is 0.113. The molecule has 0 unspecified atom stereocenters. The van der Waals surface area contributed by atoms with E-state index < -0.39 is 0 Å². The van der Waals surface area contributed by atoms with Crippen LogP contribution in [0.2, 0.25) is 0 Å². The molecule has 0 aliphatic carbocycles. The number of benzene rings is 1. The van der Waals surface area contributed by atoms with Crippen molar-refractivity contribution in [2.45, 2.75) is 19.8 Å². The molecular weight excluding hydrogens is 346 g/mol. The van der Waals surface area contributed by atoms with Crippen LogP contribution in [-0.2, 0) is 9.59 Å². The first-order chi connectivity index (χ1) is 13.1. The Hall–Kier alpha value is -3.80. The highest BCUT2D eigenvalue weighted by Gasteiger charge is 2.10. The zero-order valence-corrected chi connectivity index (χ0v) is 14.6. The average Bonchev–Trinajstić information content (AvgIpc) is 3.08. The van der Waals surface area contributed by atoms with Crippen LogP contribution < -0.4 is 10.6 Å². The second-order valence-corrected chi connectivity index (χ2v) is 5.84. The second kappa shape index (κ2) is 8.05. The quantitative estimate of drug-likeness (QED) is 0.640. The third-order valence-electron chi connectivity index (χ3n) is 3.76. The van der Waals surface area contributed by atoms with Gasteiger partial charge in [0.2, 0.25) is 11.8 Å². The third-order valence-corrected chi connectivity index (χ3v) is 3.76. The highest BCUT2D eigenvalue weighted by molar-refractivity contribution is 5.93. The lowest BCUT2D eigenvalue weighted by Gasteiger charge is -2.07. The van der Waals surface area contributed by atoms with Gasteiger partial charge in [-0.15, -0.1) is 0 Å². The number of nitrogens with one attached hydrogen (secondary N) is 2. The van der Waals surface area contributed by atoms with Crippen molar-refractivity contribution < 1.29 is 9.59 Å². The molecule has 1 aromatic carbocycles. The lowest BCUT2D eigenvalue weighted by molar-refractivity contribution is -0.119. The van der Waals surface area contributed by atoms with E-state index >= 15 is 0 Å². The Balaban J connectivity index is 1.76. The van der Waals surface area contributed by atoms with Gasteiger partial charge in [0, 0.05) is 31.0 Å². The number of anilines is 1. The maximum Gasteiger partial charge on any atom is 0.224 e. The summed E-state index contributed by atoms with van der Waals surface area (Å²) in [7, 11) is 0. The third kappa shape index (κ3) is 4.43. The number of aromatic nitrogens is 4. The van der Waals surface area contributed by atoms with Gasteiger partial charge < -0.3 is 10.6 Å². The van der Waals surface area contributed by atoms with Gasteiger partial charge in [-0.25, -0.2) is 9.67 Å². The summed E-state index contributed by atoms with van der Waals surface area (Å²) in [5, 5.41) is 19.6. The predicted octanol–water partition coefficient (Wildman–Crippen LogP) is 1.54. The fraction of sp³-hybridized carbons (Fsp3) is 0.222. The van der Waals surface area contributed by atoms with Gasteiger partial charge in [-0.05, 0) is 24.6 Å². The molecule has 0 aliphatic heterocycles. The number of nitrogens with zero attached hydrogens (tertiary/aromatic N) is 5. The topological polar surface area (TPSA) is 126 Å². The van der Waals surface area contributed by atoms with Gasteiger partial charge in [0.25, 0.3) is 0 Å². The number of nitriles is 1. The molecule has 2 aromatic heterocycles. The number of rotatable bonds is 6. The minimum Gasteiger partial charge on any atom is -0.356 e. The first kappa shape index (κ1) is 18.0. The van der Waals surface area contributed by atoms with E-state index in [9.17, 15) is 9.59 Å². The summed E-state index contributed by atoms with van der Waals surface area (Å²) in [6, 6.07) is 7.36. The van der Waals surface area contributed by atoms with Crippen LogP contribution in [0.4, 0.5) is 5.69 Å². The van der Waals surface area contributed by atoms with Crippen molar-refractivity contribution in [1.29, 1.82) is 5.26 Å². The highest BCUT2D eigenvalue weighted by Crippen LogP contribution is 2.21. The molecule has 0 atom stereocenters. The molecule has 3 rings (SSSR count). The monoisotopic (exact) mass is 363 g/mol. The molecule has 0 spiro atoms. The second-order valence-electron chi connectivity index (χ2n) is 5.84. The minimum atomic E-state index is -0.142. The number of fused-ring (bicyclic) bond motifs is 1. The number of amides is 2. The van der Waals surface area contributed by atoms with Crippen molar-refractivity contribution >= 4 is 28.4 Å². The molecule has 0 aliphatic rings. The lowest BCUT2D eigenvalue weighted by Crippen LogP contribution is -2.22. The lowest BCUT2D eigenvalue weighted by atomic mass is 10.2. The van der Waals surface area contributed by atoms with Crippen LogP contribution in [-0.4, -0.2) is 38.1 Å². The van der Waals surface area contributed by atoms with Gasteiger partial charge in [-0.2, -0.15) is 10.4 Å². The van der Waals surface area contributed by atoms with Crippen LogP contribution in [0.1, 0.15) is 25.5 Å². The van der Waals surface area contributed by atoms with Gasteiger partial charge in [0.15, 0.2) is 11.5 Å². The smallest absolute Gasteiger partial charge is 0.224 e. The van der Waals surface area contributed by atoms with Gasteiger partial charge in [0.05, 0.1) is 24.1 Å². The summed E-state index contributed by atoms with van der Waals surface area (Å²) in [5.41, 5.74) is 1.55. The van der Waals surface area contributed by atoms with Crippen LogP contribution in [0.3, 0.4) is 0 Å². The Morgan fingerprint density at radius 2 is 2.11 bits per heavy atom. The van der Waals surface area contributed by atoms with Gasteiger partial charge in [-0.1, -0.05) is 0 Å². The number of hydrogen-bond acceptors (Lipinski definition) is 6. The molecule has 0 bridgehead atoms. The Morgan fingerprint density at radius 1 is 1.26 bits per heavy atom. The molecule has 3 aromatic rings. The summed E-state index contributed by atoms with van der Waals surface area (Å²) in [6.07, 6.45) is 5.42. The van der Waals surface area contributed by atoms with Crippen molar-refractivity contribution in [3.63, 3.8) is 0 Å². The molecule has 9 heteroatoms. The summed E-state index contributed by atoms with van der Waals surface area (Å²) < 4.78 is 1.57. The number of carbonyl (C=O) groups is 2. The fourth-order valence-corrected chi connectivity index (χ4v) is 2.53. The van der Waals surface area contributed by atoms with E-state index in [4.69, 9.17) is 5.26 Å². The standard InChI is InChI=1S/C18H17N7O2/c1-12(26)21-6-2-3-18(27)24-14-5-4-13-9-22-25(16(13)7-14)17-11-20-10-15(8-19)23-17/h4-5,7,9-11H,2-3,6H2,1H3,(H,21,26)(H,24,27). The Morgan fingerprint density at radius 3 is 2.89 bits per heavy atom. The largest absolute Gasteiger partial charge is 0.356 e. The van der Waals surface area contributed by atoms with Crippen molar-refractivity contribution in [2.24, 2.45) is 0 Å². The molecule has 2 amide bonds. The predicted molar refractivity (Wildman–Crippen MR) is 97.9 cm³/mol. The summed E-state index contributed by atoms with van der Waals surface area (Å²) in [6.45, 7) is 1.90. The van der Waals surface area contributed by atoms with Crippen LogP contribution in [0.25, 0.3) is 16.7 Å². The maximum atomic E-state index is 12.1. The molecular formula is C18H17N7O2. The molecule has 0 saturated heterocycles. The van der Waals surface area contributed by atoms with Crippen molar-refractivity contribution in [3.05, 3.63) is 42.5 Å². The molecule has 0 radical (unpaired) electrons. The molecule has 136 valence electrons. The zero-order chi connectivity index (χ0) is 19.2. The molecule has 0 saturated carbocycles. The Kier molecular flexibility index (Phi) is 5.37. The van der Waals surface area contributed by atoms with E-state index in [0.29, 0.717) is 30.9 Å². The first-order valence-electron chi connectivity index (χ1n) is 8.31. The average molecular weight is 363 g/mol. The summed E-state index contributed by atoms with van der Waals surface area (Å²) in [5.74, 6) is 0.164. The molecule has 2 heterocycles. The van der Waals surface area contributed by atoms with Gasteiger partial charge in [-0.3, -0.25) is 14.6 Å². The Labute approximate surface area is 155 Å². The fourth-order valence-electron chi connectivity index (χ4n) is 2.53. The number of carbonyl (C=O) groups excluding carboxylic acids is 2. The zero-order valence-electron chi connectivity index (χ0n) is 14.6. The van der Waals surface area contributed by atoms with Crippen molar-refractivity contribution in [3.8, 4) is 11.9 Å². The summed E-state index contributed by atoms with van der Waals surface area (Å²) in [4.78, 5) is 31.1. The normalized spacial score (nSPS) is 10.4. The van der Waals surface area contributed by atoms with E-state index in [1.807, 2.05) is 12.1 Å². The SMILES string of the molecule is CC(=O)NCCCC(=O)Nc1ccc2cnn(-c3cncc(C#N)n3)c2c1. The first-order valence-corrected chi connectivity index (χ1v) is 8.31. The number of hydrogen-bond donors (Lipinski definition) is 2. The van der Waals surface area contributed by atoms with E-state index in [-0.39, 0.29) is 17.5 Å². The highest BCUT2D eigenvalue weighted by atomic mass is 16.2.